The lowest BCUT2D eigenvalue weighted by Crippen LogP contribution is -1.98. The molecule has 0 bridgehead atoms. The van der Waals surface area contributed by atoms with Gasteiger partial charge in [-0.15, -0.1) is 0 Å². The Labute approximate surface area is 108 Å². The van der Waals surface area contributed by atoms with E-state index in [-0.39, 0.29) is 0 Å². The third-order valence-electron chi connectivity index (χ3n) is 3.13. The van der Waals surface area contributed by atoms with E-state index in [0.717, 1.165) is 28.1 Å². The monoisotopic (exact) mass is 245 g/mol. The van der Waals surface area contributed by atoms with Gasteiger partial charge in [0.2, 0.25) is 0 Å². The van der Waals surface area contributed by atoms with Crippen LogP contribution in [-0.4, -0.2) is 19.2 Å². The van der Waals surface area contributed by atoms with Crippen molar-refractivity contribution in [2.75, 3.05) is 14.2 Å². The molecule has 0 saturated carbocycles. The van der Waals surface area contributed by atoms with Crippen molar-refractivity contribution in [3.63, 3.8) is 0 Å². The Kier molecular flexibility index (Phi) is 3.41. The molecule has 96 valence electrons. The first-order valence-electron chi connectivity index (χ1n) is 6.10. The first-order valence-corrected chi connectivity index (χ1v) is 6.10. The molecule has 2 aromatic rings. The summed E-state index contributed by atoms with van der Waals surface area (Å²) in [6.45, 7) is 6.38. The SMILES string of the molecule is COc1cc(OC)c2nc(C(C)C)cc(C)c2c1. The molecule has 3 nitrogen and oxygen atoms in total. The van der Waals surface area contributed by atoms with Gasteiger partial charge >= 0.3 is 0 Å². The van der Waals surface area contributed by atoms with Crippen molar-refractivity contribution in [2.45, 2.75) is 26.7 Å². The van der Waals surface area contributed by atoms with Crippen LogP contribution in [0.3, 0.4) is 0 Å². The van der Waals surface area contributed by atoms with Crippen molar-refractivity contribution < 1.29 is 9.47 Å². The lowest BCUT2D eigenvalue weighted by molar-refractivity contribution is 0.397. The van der Waals surface area contributed by atoms with Crippen LogP contribution in [0.1, 0.15) is 31.0 Å². The second-order valence-corrected chi connectivity index (χ2v) is 4.74. The van der Waals surface area contributed by atoms with Crippen molar-refractivity contribution in [1.82, 2.24) is 4.98 Å². The zero-order chi connectivity index (χ0) is 13.3. The largest absolute Gasteiger partial charge is 0.497 e. The van der Waals surface area contributed by atoms with Crippen LogP contribution in [0.25, 0.3) is 10.9 Å². The van der Waals surface area contributed by atoms with Gasteiger partial charge in [-0.25, -0.2) is 4.98 Å². The number of hydrogen-bond donors (Lipinski definition) is 0. The molecule has 0 radical (unpaired) electrons. The van der Waals surface area contributed by atoms with Gasteiger partial charge in [0.1, 0.15) is 17.0 Å². The van der Waals surface area contributed by atoms with Gasteiger partial charge in [0.05, 0.1) is 14.2 Å². The number of fused-ring (bicyclic) bond motifs is 1. The second kappa shape index (κ2) is 4.84. The first-order chi connectivity index (χ1) is 8.56. The van der Waals surface area contributed by atoms with Gasteiger partial charge in [-0.3, -0.25) is 0 Å². The van der Waals surface area contributed by atoms with E-state index in [1.54, 1.807) is 14.2 Å². The average Bonchev–Trinajstić information content (AvgIpc) is 2.37. The summed E-state index contributed by atoms with van der Waals surface area (Å²) in [5, 5.41) is 1.08. The van der Waals surface area contributed by atoms with Gasteiger partial charge in [0.15, 0.2) is 0 Å². The minimum Gasteiger partial charge on any atom is -0.497 e. The van der Waals surface area contributed by atoms with Crippen LogP contribution in [0.15, 0.2) is 18.2 Å². The standard InChI is InChI=1S/C15H19NO2/c1-9(2)13-6-10(3)12-7-11(17-4)8-14(18-5)15(12)16-13/h6-9H,1-5H3. The highest BCUT2D eigenvalue weighted by molar-refractivity contribution is 5.89. The zero-order valence-corrected chi connectivity index (χ0v) is 11.6. The number of pyridine rings is 1. The maximum absolute atomic E-state index is 5.42. The molecule has 0 amide bonds. The summed E-state index contributed by atoms with van der Waals surface area (Å²) in [7, 11) is 3.32. The van der Waals surface area contributed by atoms with Crippen LogP contribution in [0.2, 0.25) is 0 Å². The van der Waals surface area contributed by atoms with Gasteiger partial charge in [0, 0.05) is 17.1 Å². The predicted molar refractivity (Wildman–Crippen MR) is 73.7 cm³/mol. The van der Waals surface area contributed by atoms with Gasteiger partial charge in [0.25, 0.3) is 0 Å². The van der Waals surface area contributed by atoms with Crippen molar-refractivity contribution in [3.05, 3.63) is 29.5 Å². The van der Waals surface area contributed by atoms with Crippen LogP contribution >= 0.6 is 0 Å². The number of aromatic nitrogens is 1. The van der Waals surface area contributed by atoms with E-state index in [9.17, 15) is 0 Å². The van der Waals surface area contributed by atoms with E-state index >= 15 is 0 Å². The van der Waals surface area contributed by atoms with Gasteiger partial charge in [-0.2, -0.15) is 0 Å². The highest BCUT2D eigenvalue weighted by Crippen LogP contribution is 2.33. The molecule has 2 rings (SSSR count). The van der Waals surface area contributed by atoms with Crippen LogP contribution < -0.4 is 9.47 Å². The third kappa shape index (κ3) is 2.13. The van der Waals surface area contributed by atoms with Crippen molar-refractivity contribution in [1.29, 1.82) is 0 Å². The molecule has 0 N–H and O–H groups in total. The quantitative estimate of drug-likeness (QED) is 0.826. The summed E-state index contributed by atoms with van der Waals surface area (Å²) in [5.41, 5.74) is 3.19. The number of ether oxygens (including phenoxy) is 2. The number of rotatable bonds is 3. The lowest BCUT2D eigenvalue weighted by atomic mass is 10.0. The number of benzene rings is 1. The molecule has 0 aliphatic rings. The molecule has 0 aliphatic heterocycles. The van der Waals surface area contributed by atoms with Crippen LogP contribution in [0.4, 0.5) is 0 Å². The number of nitrogens with zero attached hydrogens (tertiary/aromatic N) is 1. The van der Waals surface area contributed by atoms with E-state index in [2.05, 4.69) is 26.8 Å². The van der Waals surface area contributed by atoms with Crippen molar-refractivity contribution >= 4 is 10.9 Å². The molecule has 1 heterocycles. The Hall–Kier alpha value is -1.77. The van der Waals surface area contributed by atoms with Crippen LogP contribution in [0, 0.1) is 6.92 Å². The molecule has 0 aliphatic carbocycles. The Bertz CT molecular complexity index is 576. The summed E-state index contributed by atoms with van der Waals surface area (Å²) in [5.74, 6) is 1.96. The second-order valence-electron chi connectivity index (χ2n) is 4.74. The molecule has 0 saturated heterocycles. The Morgan fingerprint density at radius 2 is 1.78 bits per heavy atom. The Balaban J connectivity index is 2.78. The highest BCUT2D eigenvalue weighted by atomic mass is 16.5. The van der Waals surface area contributed by atoms with E-state index in [4.69, 9.17) is 14.5 Å². The van der Waals surface area contributed by atoms with Crippen molar-refractivity contribution in [3.8, 4) is 11.5 Å². The summed E-state index contributed by atoms with van der Waals surface area (Å²) >= 11 is 0. The highest BCUT2D eigenvalue weighted by Gasteiger charge is 2.11. The Morgan fingerprint density at radius 3 is 2.33 bits per heavy atom. The smallest absolute Gasteiger partial charge is 0.148 e. The topological polar surface area (TPSA) is 31.4 Å². The lowest BCUT2D eigenvalue weighted by Gasteiger charge is -2.13. The molecule has 0 atom stereocenters. The summed E-state index contributed by atoms with van der Waals surface area (Å²) in [6, 6.07) is 6.01. The zero-order valence-electron chi connectivity index (χ0n) is 11.6. The minimum atomic E-state index is 0.403. The fourth-order valence-corrected chi connectivity index (χ4v) is 2.03. The number of aryl methyl sites for hydroxylation is 1. The minimum absolute atomic E-state index is 0.403. The normalized spacial score (nSPS) is 11.0. The summed E-state index contributed by atoms with van der Waals surface area (Å²) < 4.78 is 10.7. The molecule has 1 aromatic carbocycles. The van der Waals surface area contributed by atoms with Gasteiger partial charge in [-0.05, 0) is 30.5 Å². The van der Waals surface area contributed by atoms with Gasteiger partial charge < -0.3 is 9.47 Å². The average molecular weight is 245 g/mol. The fraction of sp³-hybridized carbons (Fsp3) is 0.400. The summed E-state index contributed by atoms with van der Waals surface area (Å²) in [6.07, 6.45) is 0. The Morgan fingerprint density at radius 1 is 1.06 bits per heavy atom. The molecule has 18 heavy (non-hydrogen) atoms. The molecule has 3 heteroatoms. The first kappa shape index (κ1) is 12.7. The number of hydrogen-bond acceptors (Lipinski definition) is 3. The molecular formula is C15H19NO2. The maximum atomic E-state index is 5.42. The molecular weight excluding hydrogens is 226 g/mol. The van der Waals surface area contributed by atoms with E-state index in [1.165, 1.54) is 5.56 Å². The molecule has 0 spiro atoms. The third-order valence-corrected chi connectivity index (χ3v) is 3.13. The van der Waals surface area contributed by atoms with Gasteiger partial charge in [-0.1, -0.05) is 13.8 Å². The van der Waals surface area contributed by atoms with E-state index < -0.39 is 0 Å². The fourth-order valence-electron chi connectivity index (χ4n) is 2.03. The predicted octanol–water partition coefficient (Wildman–Crippen LogP) is 3.68. The molecule has 0 fully saturated rings. The molecule has 1 aromatic heterocycles. The van der Waals surface area contributed by atoms with Crippen molar-refractivity contribution in [2.24, 2.45) is 0 Å². The van der Waals surface area contributed by atoms with E-state index in [1.807, 2.05) is 12.1 Å². The van der Waals surface area contributed by atoms with Crippen LogP contribution in [-0.2, 0) is 0 Å². The maximum Gasteiger partial charge on any atom is 0.148 e. The van der Waals surface area contributed by atoms with E-state index in [0.29, 0.717) is 5.92 Å². The molecule has 0 unspecified atom stereocenters. The summed E-state index contributed by atoms with van der Waals surface area (Å²) in [4.78, 5) is 4.70. The number of methoxy groups -OCH3 is 2. The van der Waals surface area contributed by atoms with Crippen LogP contribution in [0.5, 0.6) is 11.5 Å².